The van der Waals surface area contributed by atoms with E-state index in [-0.39, 0.29) is 5.91 Å². The first-order valence-electron chi connectivity index (χ1n) is 9.19. The molecular formula is C21H22N4OS. The first-order valence-corrected chi connectivity index (χ1v) is 10.1. The lowest BCUT2D eigenvalue weighted by Gasteiger charge is -2.11. The summed E-state index contributed by atoms with van der Waals surface area (Å²) in [5, 5.41) is 10.8. The zero-order valence-electron chi connectivity index (χ0n) is 15.5. The zero-order chi connectivity index (χ0) is 18.8. The van der Waals surface area contributed by atoms with E-state index in [4.69, 9.17) is 0 Å². The van der Waals surface area contributed by atoms with Crippen molar-refractivity contribution in [2.45, 2.75) is 39.5 Å². The molecule has 1 aromatic carbocycles. The van der Waals surface area contributed by atoms with E-state index in [1.807, 2.05) is 54.2 Å². The fraction of sp³-hybridized carbons (Fsp3) is 0.286. The molecule has 5 nitrogen and oxygen atoms in total. The highest BCUT2D eigenvalue weighted by Gasteiger charge is 2.19. The molecule has 27 heavy (non-hydrogen) atoms. The normalized spacial score (nSPS) is 13.7. The molecule has 1 aliphatic rings. The highest BCUT2D eigenvalue weighted by Crippen LogP contribution is 2.30. The molecule has 0 atom stereocenters. The standard InChI is InChI=1S/C21H22N4OS/c1-14-18(15(2)25(24-14)16-8-4-3-5-9-16)12-22-23-21(26)19-13-27-20-11-7-6-10-17(19)20/h3-5,8-9,12-13H,6-7,10-11H2,1-2H3,(H,23,26). The maximum atomic E-state index is 12.5. The van der Waals surface area contributed by atoms with E-state index in [1.54, 1.807) is 17.6 Å². The number of amides is 1. The predicted molar refractivity (Wildman–Crippen MR) is 109 cm³/mol. The van der Waals surface area contributed by atoms with E-state index < -0.39 is 0 Å². The lowest BCUT2D eigenvalue weighted by atomic mass is 9.96. The Morgan fingerprint density at radius 3 is 2.81 bits per heavy atom. The van der Waals surface area contributed by atoms with Crippen molar-refractivity contribution in [3.8, 4) is 5.69 Å². The number of hydrazone groups is 1. The Morgan fingerprint density at radius 2 is 2.00 bits per heavy atom. The van der Waals surface area contributed by atoms with E-state index in [0.29, 0.717) is 0 Å². The number of para-hydroxylation sites is 1. The molecule has 2 aromatic heterocycles. The predicted octanol–water partition coefficient (Wildman–Crippen LogP) is 4.19. The number of hydrogen-bond donors (Lipinski definition) is 1. The molecule has 0 saturated heterocycles. The van der Waals surface area contributed by atoms with Gasteiger partial charge in [0.2, 0.25) is 0 Å². The Bertz CT molecular complexity index is 1000. The van der Waals surface area contributed by atoms with Crippen molar-refractivity contribution < 1.29 is 4.79 Å². The lowest BCUT2D eigenvalue weighted by molar-refractivity contribution is 0.0954. The Morgan fingerprint density at radius 1 is 1.22 bits per heavy atom. The highest BCUT2D eigenvalue weighted by atomic mass is 32.1. The minimum Gasteiger partial charge on any atom is -0.267 e. The Kier molecular flexibility index (Phi) is 4.90. The van der Waals surface area contributed by atoms with E-state index in [2.05, 4.69) is 15.6 Å². The van der Waals surface area contributed by atoms with E-state index in [0.717, 1.165) is 47.5 Å². The van der Waals surface area contributed by atoms with Crippen LogP contribution in [-0.2, 0) is 12.8 Å². The van der Waals surface area contributed by atoms with Crippen molar-refractivity contribution >= 4 is 23.5 Å². The molecule has 0 unspecified atom stereocenters. The summed E-state index contributed by atoms with van der Waals surface area (Å²) in [5.41, 5.74) is 8.47. The molecular weight excluding hydrogens is 356 g/mol. The molecule has 138 valence electrons. The van der Waals surface area contributed by atoms with Crippen LogP contribution >= 0.6 is 11.3 Å². The second kappa shape index (κ2) is 7.48. The number of rotatable bonds is 4. The third-order valence-corrected chi connectivity index (χ3v) is 6.10. The van der Waals surface area contributed by atoms with Crippen LogP contribution in [0.3, 0.4) is 0 Å². The van der Waals surface area contributed by atoms with Gasteiger partial charge in [0.25, 0.3) is 5.91 Å². The average molecular weight is 379 g/mol. The number of fused-ring (bicyclic) bond motifs is 1. The van der Waals surface area contributed by atoms with Crippen molar-refractivity contribution in [2.24, 2.45) is 5.10 Å². The number of carbonyl (C=O) groups is 1. The number of hydrogen-bond acceptors (Lipinski definition) is 4. The maximum Gasteiger partial charge on any atom is 0.272 e. The van der Waals surface area contributed by atoms with Gasteiger partial charge in [0.15, 0.2) is 0 Å². The van der Waals surface area contributed by atoms with Crippen LogP contribution in [0.2, 0.25) is 0 Å². The summed E-state index contributed by atoms with van der Waals surface area (Å²) in [6, 6.07) is 9.99. The van der Waals surface area contributed by atoms with Crippen molar-refractivity contribution in [3.63, 3.8) is 0 Å². The molecule has 0 saturated carbocycles. The highest BCUT2D eigenvalue weighted by molar-refractivity contribution is 7.10. The molecule has 0 fully saturated rings. The van der Waals surface area contributed by atoms with Crippen LogP contribution in [0.15, 0.2) is 40.8 Å². The first kappa shape index (κ1) is 17.7. The molecule has 0 radical (unpaired) electrons. The van der Waals surface area contributed by atoms with Crippen LogP contribution in [0.1, 0.15) is 50.6 Å². The molecule has 1 amide bonds. The van der Waals surface area contributed by atoms with Gasteiger partial charge in [0, 0.05) is 15.8 Å². The van der Waals surface area contributed by atoms with Gasteiger partial charge < -0.3 is 0 Å². The van der Waals surface area contributed by atoms with Gasteiger partial charge in [-0.2, -0.15) is 10.2 Å². The van der Waals surface area contributed by atoms with Gasteiger partial charge in [0.05, 0.1) is 28.9 Å². The van der Waals surface area contributed by atoms with Crippen LogP contribution in [0, 0.1) is 13.8 Å². The lowest BCUT2D eigenvalue weighted by Crippen LogP contribution is -2.19. The molecule has 0 spiro atoms. The van der Waals surface area contributed by atoms with Crippen LogP contribution in [0.5, 0.6) is 0 Å². The zero-order valence-corrected chi connectivity index (χ0v) is 16.3. The third kappa shape index (κ3) is 3.45. The Hall–Kier alpha value is -2.73. The molecule has 6 heteroatoms. The summed E-state index contributed by atoms with van der Waals surface area (Å²) in [4.78, 5) is 13.9. The van der Waals surface area contributed by atoms with Gasteiger partial charge >= 0.3 is 0 Å². The van der Waals surface area contributed by atoms with Gasteiger partial charge in [-0.15, -0.1) is 11.3 Å². The van der Waals surface area contributed by atoms with Crippen LogP contribution in [0.25, 0.3) is 5.69 Å². The van der Waals surface area contributed by atoms with Gasteiger partial charge in [-0.05, 0) is 57.2 Å². The number of nitrogens with one attached hydrogen (secondary N) is 1. The fourth-order valence-corrected chi connectivity index (χ4v) is 4.69. The smallest absolute Gasteiger partial charge is 0.267 e. The van der Waals surface area contributed by atoms with Gasteiger partial charge in [-0.3, -0.25) is 4.79 Å². The summed E-state index contributed by atoms with van der Waals surface area (Å²) in [6.07, 6.45) is 6.15. The Balaban J connectivity index is 1.51. The Labute approximate surface area is 162 Å². The number of aryl methyl sites for hydroxylation is 2. The van der Waals surface area contributed by atoms with Gasteiger partial charge in [-0.25, -0.2) is 10.1 Å². The minimum absolute atomic E-state index is 0.128. The van der Waals surface area contributed by atoms with Crippen molar-refractivity contribution in [2.75, 3.05) is 0 Å². The van der Waals surface area contributed by atoms with E-state index in [1.165, 1.54) is 16.9 Å². The SMILES string of the molecule is Cc1nn(-c2ccccc2)c(C)c1C=NNC(=O)c1csc2c1CCCC2. The second-order valence-corrected chi connectivity index (χ2v) is 7.75. The molecule has 1 N–H and O–H groups in total. The third-order valence-electron chi connectivity index (χ3n) is 5.01. The van der Waals surface area contributed by atoms with Crippen molar-refractivity contribution in [1.82, 2.24) is 15.2 Å². The first-order chi connectivity index (χ1) is 13.1. The van der Waals surface area contributed by atoms with E-state index >= 15 is 0 Å². The molecule has 4 rings (SSSR count). The van der Waals surface area contributed by atoms with Crippen LogP contribution in [0.4, 0.5) is 0 Å². The molecule has 3 aromatic rings. The number of thiophene rings is 1. The molecule has 1 aliphatic carbocycles. The van der Waals surface area contributed by atoms with Crippen LogP contribution < -0.4 is 5.43 Å². The largest absolute Gasteiger partial charge is 0.272 e. The quantitative estimate of drug-likeness (QED) is 0.546. The molecule has 0 aliphatic heterocycles. The fourth-order valence-electron chi connectivity index (χ4n) is 3.56. The van der Waals surface area contributed by atoms with Crippen molar-refractivity contribution in [1.29, 1.82) is 0 Å². The topological polar surface area (TPSA) is 59.3 Å². The van der Waals surface area contributed by atoms with Gasteiger partial charge in [0.1, 0.15) is 0 Å². The number of nitrogens with zero attached hydrogens (tertiary/aromatic N) is 3. The summed E-state index contributed by atoms with van der Waals surface area (Å²) >= 11 is 1.69. The maximum absolute atomic E-state index is 12.5. The summed E-state index contributed by atoms with van der Waals surface area (Å²) in [7, 11) is 0. The molecule has 0 bridgehead atoms. The van der Waals surface area contributed by atoms with Crippen molar-refractivity contribution in [3.05, 3.63) is 68.7 Å². The summed E-state index contributed by atoms with van der Waals surface area (Å²) in [6.45, 7) is 3.95. The minimum atomic E-state index is -0.128. The van der Waals surface area contributed by atoms with Gasteiger partial charge in [-0.1, -0.05) is 18.2 Å². The summed E-state index contributed by atoms with van der Waals surface area (Å²) in [5.74, 6) is -0.128. The van der Waals surface area contributed by atoms with Crippen LogP contribution in [-0.4, -0.2) is 21.9 Å². The number of benzene rings is 1. The monoisotopic (exact) mass is 378 g/mol. The average Bonchev–Trinajstić information content (AvgIpc) is 3.24. The summed E-state index contributed by atoms with van der Waals surface area (Å²) < 4.78 is 1.90. The molecule has 2 heterocycles. The second-order valence-electron chi connectivity index (χ2n) is 6.79. The van der Waals surface area contributed by atoms with E-state index in [9.17, 15) is 4.79 Å². The number of carbonyl (C=O) groups excluding carboxylic acids is 1. The number of aromatic nitrogens is 2.